The van der Waals surface area contributed by atoms with Crippen LogP contribution < -0.4 is 9.47 Å². The lowest BCUT2D eigenvalue weighted by Gasteiger charge is -2.25. The first kappa shape index (κ1) is 23.3. The normalized spacial score (nSPS) is 17.4. The minimum Gasteiger partial charge on any atom is -0.507 e. The van der Waals surface area contributed by atoms with Crippen LogP contribution in [-0.4, -0.2) is 55.7 Å². The number of hydrogen-bond donors (Lipinski definition) is 1. The van der Waals surface area contributed by atoms with Crippen LogP contribution in [0.4, 0.5) is 0 Å². The smallest absolute Gasteiger partial charge is 0.295 e. The highest BCUT2D eigenvalue weighted by atomic mass is 16.5. The Hall–Kier alpha value is -3.84. The fourth-order valence-corrected chi connectivity index (χ4v) is 4.35. The first-order valence-electron chi connectivity index (χ1n) is 11.1. The number of carbonyl (C=O) groups is 2. The van der Waals surface area contributed by atoms with Crippen LogP contribution in [0, 0.1) is 0 Å². The third-order valence-corrected chi connectivity index (χ3v) is 5.92. The maximum absolute atomic E-state index is 13.2. The van der Waals surface area contributed by atoms with E-state index in [1.165, 1.54) is 19.1 Å². The predicted octanol–water partition coefficient (Wildman–Crippen LogP) is 4.32. The minimum atomic E-state index is -0.807. The van der Waals surface area contributed by atoms with Gasteiger partial charge in [-0.25, -0.2) is 0 Å². The SMILES string of the molecule is CCOc1ccc(C2/C(=C(\O)c3cccc4ccccc34)C(=O)C(=O)N2CCOC)cc1OC. The highest BCUT2D eigenvalue weighted by molar-refractivity contribution is 6.46. The van der Waals surface area contributed by atoms with Crippen LogP contribution in [0.25, 0.3) is 16.5 Å². The molecule has 1 heterocycles. The number of fused-ring (bicyclic) bond motifs is 1. The Morgan fingerprint density at radius 2 is 1.76 bits per heavy atom. The zero-order chi connectivity index (χ0) is 24.2. The number of nitrogens with zero attached hydrogens (tertiary/aromatic N) is 1. The number of ketones is 1. The van der Waals surface area contributed by atoms with Gasteiger partial charge in [0, 0.05) is 19.2 Å². The highest BCUT2D eigenvalue weighted by Crippen LogP contribution is 2.42. The van der Waals surface area contributed by atoms with Gasteiger partial charge in [-0.1, -0.05) is 48.5 Å². The first-order valence-corrected chi connectivity index (χ1v) is 11.1. The molecule has 3 aromatic rings. The number of amides is 1. The van der Waals surface area contributed by atoms with E-state index in [1.54, 1.807) is 24.3 Å². The van der Waals surface area contributed by atoms with Crippen molar-refractivity contribution >= 4 is 28.2 Å². The lowest BCUT2D eigenvalue weighted by atomic mass is 9.93. The van der Waals surface area contributed by atoms with E-state index in [4.69, 9.17) is 14.2 Å². The molecule has 1 amide bonds. The van der Waals surface area contributed by atoms with Crippen molar-refractivity contribution in [3.63, 3.8) is 0 Å². The molecule has 0 radical (unpaired) electrons. The number of aliphatic hydroxyl groups is 1. The summed E-state index contributed by atoms with van der Waals surface area (Å²) in [4.78, 5) is 27.7. The molecular weight excluding hydrogens is 434 g/mol. The van der Waals surface area contributed by atoms with E-state index in [1.807, 2.05) is 43.3 Å². The number of hydrogen-bond acceptors (Lipinski definition) is 6. The molecule has 1 unspecified atom stereocenters. The Labute approximate surface area is 198 Å². The summed E-state index contributed by atoms with van der Waals surface area (Å²) in [6.07, 6.45) is 0. The van der Waals surface area contributed by atoms with Crippen molar-refractivity contribution in [3.05, 3.63) is 77.4 Å². The maximum atomic E-state index is 13.2. The highest BCUT2D eigenvalue weighted by Gasteiger charge is 2.46. The molecule has 0 saturated carbocycles. The quantitative estimate of drug-likeness (QED) is 0.306. The lowest BCUT2D eigenvalue weighted by molar-refractivity contribution is -0.140. The molecule has 0 aromatic heterocycles. The van der Waals surface area contributed by atoms with Gasteiger partial charge in [0.25, 0.3) is 11.7 Å². The number of methoxy groups -OCH3 is 2. The van der Waals surface area contributed by atoms with Crippen LogP contribution in [-0.2, 0) is 14.3 Å². The lowest BCUT2D eigenvalue weighted by Crippen LogP contribution is -2.32. The Kier molecular flexibility index (Phi) is 6.84. The van der Waals surface area contributed by atoms with Gasteiger partial charge in [0.15, 0.2) is 11.5 Å². The van der Waals surface area contributed by atoms with Crippen molar-refractivity contribution in [2.75, 3.05) is 34.0 Å². The molecule has 1 saturated heterocycles. The summed E-state index contributed by atoms with van der Waals surface area (Å²) in [5.41, 5.74) is 1.15. The molecule has 176 valence electrons. The van der Waals surface area contributed by atoms with Crippen molar-refractivity contribution < 1.29 is 28.9 Å². The Morgan fingerprint density at radius 1 is 1.00 bits per heavy atom. The van der Waals surface area contributed by atoms with E-state index < -0.39 is 17.7 Å². The zero-order valence-corrected chi connectivity index (χ0v) is 19.4. The van der Waals surface area contributed by atoms with E-state index in [9.17, 15) is 14.7 Å². The number of likely N-dealkylation sites (tertiary alicyclic amines) is 1. The number of aliphatic hydroxyl groups excluding tert-OH is 1. The van der Waals surface area contributed by atoms with Gasteiger partial charge in [0.2, 0.25) is 0 Å². The van der Waals surface area contributed by atoms with Crippen LogP contribution in [0.2, 0.25) is 0 Å². The molecular formula is C27H27NO6. The molecule has 3 aromatic carbocycles. The number of carbonyl (C=O) groups excluding carboxylic acids is 2. The summed E-state index contributed by atoms with van der Waals surface area (Å²) in [5.74, 6) is -0.609. The molecule has 1 N–H and O–H groups in total. The van der Waals surface area contributed by atoms with E-state index in [2.05, 4.69) is 0 Å². The topological polar surface area (TPSA) is 85.3 Å². The summed E-state index contributed by atoms with van der Waals surface area (Å²) in [5, 5.41) is 13.1. The molecule has 1 fully saturated rings. The number of benzene rings is 3. The van der Waals surface area contributed by atoms with Crippen LogP contribution in [0.15, 0.2) is 66.2 Å². The Bertz CT molecular complexity index is 1260. The third kappa shape index (κ3) is 4.10. The van der Waals surface area contributed by atoms with Gasteiger partial charge in [-0.3, -0.25) is 9.59 Å². The van der Waals surface area contributed by atoms with Gasteiger partial charge >= 0.3 is 0 Å². The average Bonchev–Trinajstić information content (AvgIpc) is 3.12. The van der Waals surface area contributed by atoms with Gasteiger partial charge in [-0.05, 0) is 35.4 Å². The molecule has 1 atom stereocenters. The van der Waals surface area contributed by atoms with Crippen LogP contribution >= 0.6 is 0 Å². The van der Waals surface area contributed by atoms with Crippen LogP contribution in [0.3, 0.4) is 0 Å². The van der Waals surface area contributed by atoms with E-state index in [0.29, 0.717) is 29.2 Å². The fourth-order valence-electron chi connectivity index (χ4n) is 4.35. The van der Waals surface area contributed by atoms with Gasteiger partial charge in [0.05, 0.1) is 31.9 Å². The standard InChI is InChI=1S/C27H27NO6/c1-4-34-21-13-12-18(16-22(21)33-3)24-23(26(30)27(31)28(24)14-15-32-2)25(29)20-11-7-9-17-8-5-6-10-19(17)20/h5-13,16,24,29H,4,14-15H2,1-3H3/b25-23+. The summed E-state index contributed by atoms with van der Waals surface area (Å²) >= 11 is 0. The van der Waals surface area contributed by atoms with E-state index >= 15 is 0 Å². The van der Waals surface area contributed by atoms with E-state index in [0.717, 1.165) is 10.8 Å². The number of rotatable bonds is 8. The zero-order valence-electron chi connectivity index (χ0n) is 19.4. The number of Topliss-reactive ketones (excluding diaryl/α,β-unsaturated/α-hetero) is 1. The van der Waals surface area contributed by atoms with Gasteiger partial charge < -0.3 is 24.2 Å². The van der Waals surface area contributed by atoms with Crippen molar-refractivity contribution in [1.29, 1.82) is 0 Å². The Balaban J connectivity index is 1.92. The Morgan fingerprint density at radius 3 is 2.50 bits per heavy atom. The molecule has 0 spiro atoms. The monoisotopic (exact) mass is 461 g/mol. The van der Waals surface area contributed by atoms with Gasteiger partial charge in [-0.15, -0.1) is 0 Å². The molecule has 1 aliphatic rings. The molecule has 4 rings (SSSR count). The van der Waals surface area contributed by atoms with Crippen molar-refractivity contribution in [2.24, 2.45) is 0 Å². The summed E-state index contributed by atoms with van der Waals surface area (Å²) < 4.78 is 16.3. The molecule has 0 bridgehead atoms. The minimum absolute atomic E-state index is 0.0312. The molecule has 34 heavy (non-hydrogen) atoms. The largest absolute Gasteiger partial charge is 0.507 e. The molecule has 0 aliphatic carbocycles. The molecule has 7 heteroatoms. The summed E-state index contributed by atoms with van der Waals surface area (Å²) in [6, 6.07) is 17.5. The second-order valence-corrected chi connectivity index (χ2v) is 7.86. The summed E-state index contributed by atoms with van der Waals surface area (Å²) in [6.45, 7) is 2.76. The predicted molar refractivity (Wildman–Crippen MR) is 129 cm³/mol. The third-order valence-electron chi connectivity index (χ3n) is 5.92. The van der Waals surface area contributed by atoms with Gasteiger partial charge in [0.1, 0.15) is 5.76 Å². The fraction of sp³-hybridized carbons (Fsp3) is 0.259. The molecule has 1 aliphatic heterocycles. The van der Waals surface area contributed by atoms with Gasteiger partial charge in [-0.2, -0.15) is 0 Å². The second kappa shape index (κ2) is 9.97. The maximum Gasteiger partial charge on any atom is 0.295 e. The van der Waals surface area contributed by atoms with Crippen molar-refractivity contribution in [3.8, 4) is 11.5 Å². The van der Waals surface area contributed by atoms with Crippen LogP contribution in [0.1, 0.15) is 24.1 Å². The van der Waals surface area contributed by atoms with Crippen molar-refractivity contribution in [1.82, 2.24) is 4.90 Å². The second-order valence-electron chi connectivity index (χ2n) is 7.86. The number of ether oxygens (including phenoxy) is 3. The van der Waals surface area contributed by atoms with E-state index in [-0.39, 0.29) is 24.5 Å². The van der Waals surface area contributed by atoms with Crippen molar-refractivity contribution in [2.45, 2.75) is 13.0 Å². The first-order chi connectivity index (χ1) is 16.5. The molecule has 7 nitrogen and oxygen atoms in total. The summed E-state index contributed by atoms with van der Waals surface area (Å²) in [7, 11) is 3.06. The van der Waals surface area contributed by atoms with Crippen LogP contribution in [0.5, 0.6) is 11.5 Å². The average molecular weight is 462 g/mol.